The molecule has 82 valence electrons. The van der Waals surface area contributed by atoms with Gasteiger partial charge < -0.3 is 4.42 Å². The molecule has 0 aliphatic rings. The highest BCUT2D eigenvalue weighted by molar-refractivity contribution is 9.10. The van der Waals surface area contributed by atoms with E-state index < -0.39 is 5.63 Å². The molecule has 0 aliphatic heterocycles. The molecular weight excluding hydrogens is 272 g/mol. The summed E-state index contributed by atoms with van der Waals surface area (Å²) in [6, 6.07) is 5.16. The Morgan fingerprint density at radius 3 is 2.62 bits per heavy atom. The van der Waals surface area contributed by atoms with Crippen molar-refractivity contribution in [2.75, 3.05) is 0 Å². The van der Waals surface area contributed by atoms with Gasteiger partial charge in [-0.05, 0) is 32.0 Å². The molecule has 0 saturated heterocycles. The molecule has 0 unspecified atom stereocenters. The highest BCUT2D eigenvalue weighted by Gasteiger charge is 2.14. The van der Waals surface area contributed by atoms with E-state index in [-0.39, 0.29) is 5.78 Å². The van der Waals surface area contributed by atoms with Crippen LogP contribution in [0, 0.1) is 6.92 Å². The lowest BCUT2D eigenvalue weighted by atomic mass is 10.0. The van der Waals surface area contributed by atoms with Gasteiger partial charge in [0.1, 0.15) is 5.76 Å². The Balaban J connectivity index is 3.03. The largest absolute Gasteiger partial charge is 0.427 e. The van der Waals surface area contributed by atoms with Gasteiger partial charge in [-0.3, -0.25) is 4.79 Å². The Labute approximate surface area is 100 Å². The first-order valence-electron chi connectivity index (χ1n) is 4.74. The summed E-state index contributed by atoms with van der Waals surface area (Å²) in [6.07, 6.45) is 0. The van der Waals surface area contributed by atoms with Gasteiger partial charge in [0.05, 0.1) is 10.9 Å². The number of halogens is 1. The topological polar surface area (TPSA) is 47.3 Å². The summed E-state index contributed by atoms with van der Waals surface area (Å²) < 4.78 is 5.86. The molecule has 1 aromatic heterocycles. The SMILES string of the molecule is CC(=O)c1c(C)oc(=O)c2ccc(Br)cc12. The fourth-order valence-electron chi connectivity index (χ4n) is 1.77. The van der Waals surface area contributed by atoms with Crippen molar-refractivity contribution in [2.45, 2.75) is 13.8 Å². The van der Waals surface area contributed by atoms with Crippen molar-refractivity contribution in [1.82, 2.24) is 0 Å². The zero-order chi connectivity index (χ0) is 11.9. The molecule has 16 heavy (non-hydrogen) atoms. The van der Waals surface area contributed by atoms with Gasteiger partial charge in [-0.15, -0.1) is 0 Å². The van der Waals surface area contributed by atoms with Crippen molar-refractivity contribution >= 4 is 32.5 Å². The molecule has 4 heteroatoms. The van der Waals surface area contributed by atoms with Crippen LogP contribution in [0.3, 0.4) is 0 Å². The number of hydrogen-bond acceptors (Lipinski definition) is 3. The number of rotatable bonds is 1. The van der Waals surface area contributed by atoms with Crippen LogP contribution in [0.5, 0.6) is 0 Å². The smallest absolute Gasteiger partial charge is 0.343 e. The van der Waals surface area contributed by atoms with Gasteiger partial charge in [-0.25, -0.2) is 4.79 Å². The molecule has 0 atom stereocenters. The van der Waals surface area contributed by atoms with Crippen LogP contribution in [0.15, 0.2) is 31.9 Å². The molecule has 3 nitrogen and oxygen atoms in total. The number of Topliss-reactive ketones (excluding diaryl/α,β-unsaturated/α-hetero) is 1. The molecule has 0 spiro atoms. The summed E-state index contributed by atoms with van der Waals surface area (Å²) in [4.78, 5) is 23.1. The van der Waals surface area contributed by atoms with Crippen LogP contribution < -0.4 is 5.63 Å². The fourth-order valence-corrected chi connectivity index (χ4v) is 2.13. The predicted octanol–water partition coefficient (Wildman–Crippen LogP) is 3.07. The van der Waals surface area contributed by atoms with Gasteiger partial charge in [-0.1, -0.05) is 15.9 Å². The van der Waals surface area contributed by atoms with Crippen molar-refractivity contribution < 1.29 is 9.21 Å². The Bertz CT molecular complexity index is 640. The van der Waals surface area contributed by atoms with E-state index in [4.69, 9.17) is 4.42 Å². The number of hydrogen-bond donors (Lipinski definition) is 0. The zero-order valence-corrected chi connectivity index (χ0v) is 10.4. The summed E-state index contributed by atoms with van der Waals surface area (Å²) in [5.74, 6) is 0.257. The molecule has 0 aliphatic carbocycles. The van der Waals surface area contributed by atoms with Crippen LogP contribution in [0.2, 0.25) is 0 Å². The molecule has 2 aromatic rings. The van der Waals surface area contributed by atoms with Crippen LogP contribution in [0.4, 0.5) is 0 Å². The quantitative estimate of drug-likeness (QED) is 0.755. The van der Waals surface area contributed by atoms with Crippen molar-refractivity contribution in [3.05, 3.63) is 44.4 Å². The second-order valence-corrected chi connectivity index (χ2v) is 4.48. The molecule has 0 amide bonds. The summed E-state index contributed by atoms with van der Waals surface area (Å²) in [5.41, 5.74) is 0.0564. The van der Waals surface area contributed by atoms with Gasteiger partial charge in [0, 0.05) is 9.86 Å². The van der Waals surface area contributed by atoms with Crippen molar-refractivity contribution in [1.29, 1.82) is 0 Å². The van der Waals surface area contributed by atoms with E-state index in [1.807, 2.05) is 0 Å². The van der Waals surface area contributed by atoms with Gasteiger partial charge in [0.15, 0.2) is 5.78 Å². The van der Waals surface area contributed by atoms with Gasteiger partial charge >= 0.3 is 5.63 Å². The first-order valence-corrected chi connectivity index (χ1v) is 5.54. The lowest BCUT2D eigenvalue weighted by molar-refractivity contribution is 0.101. The van der Waals surface area contributed by atoms with E-state index in [1.54, 1.807) is 25.1 Å². The highest BCUT2D eigenvalue weighted by atomic mass is 79.9. The lowest BCUT2D eigenvalue weighted by Gasteiger charge is -2.05. The maximum atomic E-state index is 11.6. The minimum Gasteiger partial charge on any atom is -0.427 e. The Morgan fingerprint density at radius 2 is 2.00 bits per heavy atom. The molecule has 0 bridgehead atoms. The zero-order valence-electron chi connectivity index (χ0n) is 8.83. The van der Waals surface area contributed by atoms with Gasteiger partial charge in [0.25, 0.3) is 0 Å². The van der Waals surface area contributed by atoms with Crippen LogP contribution in [0.25, 0.3) is 10.8 Å². The van der Waals surface area contributed by atoms with Crippen molar-refractivity contribution in [2.24, 2.45) is 0 Å². The van der Waals surface area contributed by atoms with Gasteiger partial charge in [-0.2, -0.15) is 0 Å². The highest BCUT2D eigenvalue weighted by Crippen LogP contribution is 2.23. The van der Waals surface area contributed by atoms with Crippen LogP contribution in [-0.2, 0) is 0 Å². The average molecular weight is 281 g/mol. The molecule has 0 fully saturated rings. The number of aryl methyl sites for hydroxylation is 1. The Hall–Kier alpha value is -1.42. The normalized spacial score (nSPS) is 10.7. The maximum absolute atomic E-state index is 11.6. The molecule has 1 aromatic carbocycles. The number of fused-ring (bicyclic) bond motifs is 1. The second kappa shape index (κ2) is 3.87. The summed E-state index contributed by atoms with van der Waals surface area (Å²) in [5, 5.41) is 1.06. The minimum atomic E-state index is -0.412. The molecular formula is C12H9BrO3. The third-order valence-electron chi connectivity index (χ3n) is 2.42. The molecule has 0 saturated carbocycles. The fraction of sp³-hybridized carbons (Fsp3) is 0.167. The van der Waals surface area contributed by atoms with Crippen molar-refractivity contribution in [3.63, 3.8) is 0 Å². The third kappa shape index (κ3) is 1.69. The van der Waals surface area contributed by atoms with Crippen LogP contribution in [-0.4, -0.2) is 5.78 Å². The monoisotopic (exact) mass is 280 g/mol. The van der Waals surface area contributed by atoms with E-state index in [0.29, 0.717) is 22.1 Å². The van der Waals surface area contributed by atoms with Gasteiger partial charge in [0.2, 0.25) is 0 Å². The number of benzene rings is 1. The molecule has 0 N–H and O–H groups in total. The van der Waals surface area contributed by atoms with E-state index in [9.17, 15) is 9.59 Å². The summed E-state index contributed by atoms with van der Waals surface area (Å²) in [6.45, 7) is 3.08. The third-order valence-corrected chi connectivity index (χ3v) is 2.91. The average Bonchev–Trinajstić information content (AvgIpc) is 2.15. The summed E-state index contributed by atoms with van der Waals surface area (Å²) >= 11 is 3.32. The van der Waals surface area contributed by atoms with Crippen molar-refractivity contribution in [3.8, 4) is 0 Å². The van der Waals surface area contributed by atoms with Crippen LogP contribution in [0.1, 0.15) is 23.0 Å². The number of carbonyl (C=O) groups excluding carboxylic acids is 1. The minimum absolute atomic E-state index is 0.107. The summed E-state index contributed by atoms with van der Waals surface area (Å²) in [7, 11) is 0. The van der Waals surface area contributed by atoms with Crippen LogP contribution >= 0.6 is 15.9 Å². The van der Waals surface area contributed by atoms with E-state index in [2.05, 4.69) is 15.9 Å². The lowest BCUT2D eigenvalue weighted by Crippen LogP contribution is -2.07. The molecule has 2 rings (SSSR count). The van der Waals surface area contributed by atoms with E-state index >= 15 is 0 Å². The van der Waals surface area contributed by atoms with E-state index in [0.717, 1.165) is 4.47 Å². The Kier molecular flexibility index (Phi) is 2.68. The first kappa shape index (κ1) is 11.1. The standard InChI is InChI=1S/C12H9BrO3/c1-6(14)11-7(2)16-12(15)9-4-3-8(13)5-10(9)11/h3-5H,1-2H3. The molecule has 0 radical (unpaired) electrons. The predicted molar refractivity (Wildman–Crippen MR) is 64.9 cm³/mol. The maximum Gasteiger partial charge on any atom is 0.343 e. The first-order chi connectivity index (χ1) is 7.50. The second-order valence-electron chi connectivity index (χ2n) is 3.57. The molecule has 1 heterocycles. The number of ketones is 1. The van der Waals surface area contributed by atoms with E-state index in [1.165, 1.54) is 6.92 Å². The Morgan fingerprint density at radius 1 is 1.31 bits per heavy atom. The number of carbonyl (C=O) groups is 1.